The van der Waals surface area contributed by atoms with Crippen LogP contribution in [0.3, 0.4) is 0 Å². The van der Waals surface area contributed by atoms with E-state index < -0.39 is 17.7 Å². The quantitative estimate of drug-likeness (QED) is 0.214. The average molecular weight is 513 g/mol. The number of aliphatic hydroxyl groups excluding tert-OH is 1. The van der Waals surface area contributed by atoms with Crippen LogP contribution in [0.25, 0.3) is 5.76 Å². The predicted molar refractivity (Wildman–Crippen MR) is 133 cm³/mol. The van der Waals surface area contributed by atoms with Crippen LogP contribution in [0.5, 0.6) is 5.75 Å². The number of nitrogens with zero attached hydrogens (tertiary/aromatic N) is 2. The van der Waals surface area contributed by atoms with Crippen molar-refractivity contribution in [3.63, 3.8) is 0 Å². The summed E-state index contributed by atoms with van der Waals surface area (Å²) in [7, 11) is 0. The first kappa shape index (κ1) is 24.7. The third-order valence-corrected chi connectivity index (χ3v) is 6.30. The first-order chi connectivity index (χ1) is 15.9. The number of Topliss-reactive ketones (excluding diaryl/α,β-unsaturated/α-hetero) is 1. The van der Waals surface area contributed by atoms with Crippen molar-refractivity contribution in [3.8, 4) is 5.75 Å². The molecule has 1 unspecified atom stereocenters. The molecule has 174 valence electrons. The Bertz CT molecular complexity index is 1030. The number of rotatable bonds is 10. The highest BCUT2D eigenvalue weighted by atomic mass is 79.9. The smallest absolute Gasteiger partial charge is 0.295 e. The number of amides is 1. The predicted octanol–water partition coefficient (Wildman–Crippen LogP) is 4.78. The Kier molecular flexibility index (Phi) is 8.47. The molecule has 0 spiro atoms. The molecule has 1 heterocycles. The number of hydrogen-bond donors (Lipinski definition) is 1. The molecular formula is C26H29BrN2O4. The Morgan fingerprint density at radius 2 is 1.76 bits per heavy atom. The number of carbonyl (C=O) groups excluding carboxylic acids is 2. The monoisotopic (exact) mass is 512 g/mol. The summed E-state index contributed by atoms with van der Waals surface area (Å²) in [5, 5.41) is 11.1. The first-order valence-corrected chi connectivity index (χ1v) is 11.8. The standard InChI is InChI=1S/C26H29BrN2O4/c1-4-17-33-21-13-9-18(10-14-21)23-22(24(30)19-7-11-20(27)12-8-19)25(31)26(32)29(23)16-15-28(5-2)6-3/h4,7-14,23,30H,1,5-6,15-17H2,2-3H3/b24-22-. The molecule has 1 N–H and O–H groups in total. The van der Waals surface area contributed by atoms with Crippen LogP contribution in [0, 0.1) is 0 Å². The molecule has 0 radical (unpaired) electrons. The largest absolute Gasteiger partial charge is 0.507 e. The highest BCUT2D eigenvalue weighted by molar-refractivity contribution is 9.10. The van der Waals surface area contributed by atoms with Crippen molar-refractivity contribution in [2.24, 2.45) is 0 Å². The topological polar surface area (TPSA) is 70.1 Å². The van der Waals surface area contributed by atoms with E-state index in [1.165, 1.54) is 0 Å². The molecule has 33 heavy (non-hydrogen) atoms. The van der Waals surface area contributed by atoms with Crippen molar-refractivity contribution < 1.29 is 19.4 Å². The van der Waals surface area contributed by atoms with Gasteiger partial charge in [0, 0.05) is 23.1 Å². The fourth-order valence-electron chi connectivity index (χ4n) is 3.91. The van der Waals surface area contributed by atoms with E-state index in [2.05, 4.69) is 41.3 Å². The summed E-state index contributed by atoms with van der Waals surface area (Å²) in [4.78, 5) is 29.9. The molecule has 1 aliphatic rings. The number of aliphatic hydroxyl groups is 1. The van der Waals surface area contributed by atoms with Crippen molar-refractivity contribution >= 4 is 33.4 Å². The van der Waals surface area contributed by atoms with E-state index in [0.29, 0.717) is 31.0 Å². The molecule has 1 amide bonds. The summed E-state index contributed by atoms with van der Waals surface area (Å²) >= 11 is 3.38. The zero-order chi connectivity index (χ0) is 24.0. The second-order valence-corrected chi connectivity index (χ2v) is 8.61. The van der Waals surface area contributed by atoms with Crippen LogP contribution in [-0.2, 0) is 9.59 Å². The van der Waals surface area contributed by atoms with Crippen LogP contribution in [0.4, 0.5) is 0 Å². The second kappa shape index (κ2) is 11.3. The van der Waals surface area contributed by atoms with Gasteiger partial charge in [-0.2, -0.15) is 0 Å². The van der Waals surface area contributed by atoms with E-state index >= 15 is 0 Å². The molecule has 3 rings (SSSR count). The minimum atomic E-state index is -0.683. The molecule has 2 aromatic rings. The van der Waals surface area contributed by atoms with Gasteiger partial charge in [0.15, 0.2) is 0 Å². The molecule has 2 aromatic carbocycles. The minimum absolute atomic E-state index is 0.0987. The second-order valence-electron chi connectivity index (χ2n) is 7.69. The number of hydrogen-bond acceptors (Lipinski definition) is 5. The van der Waals surface area contributed by atoms with Gasteiger partial charge in [0.05, 0.1) is 11.6 Å². The molecular weight excluding hydrogens is 484 g/mol. The molecule has 0 aliphatic carbocycles. The van der Waals surface area contributed by atoms with E-state index in [1.807, 2.05) is 12.1 Å². The lowest BCUT2D eigenvalue weighted by molar-refractivity contribution is -0.140. The third-order valence-electron chi connectivity index (χ3n) is 5.77. The fraction of sp³-hybridized carbons (Fsp3) is 0.308. The van der Waals surface area contributed by atoms with Crippen molar-refractivity contribution in [2.45, 2.75) is 19.9 Å². The Labute approximate surface area is 203 Å². The van der Waals surface area contributed by atoms with Crippen LogP contribution in [0.1, 0.15) is 31.0 Å². The highest BCUT2D eigenvalue weighted by Gasteiger charge is 2.45. The van der Waals surface area contributed by atoms with Gasteiger partial charge in [-0.05, 0) is 42.9 Å². The van der Waals surface area contributed by atoms with Gasteiger partial charge in [0.2, 0.25) is 0 Å². The molecule has 1 fully saturated rings. The molecule has 0 aromatic heterocycles. The molecule has 0 saturated carbocycles. The van der Waals surface area contributed by atoms with Gasteiger partial charge < -0.3 is 19.6 Å². The van der Waals surface area contributed by atoms with E-state index in [0.717, 1.165) is 23.1 Å². The maximum absolute atomic E-state index is 13.1. The van der Waals surface area contributed by atoms with E-state index in [-0.39, 0.29) is 11.3 Å². The molecule has 7 heteroatoms. The normalized spacial score (nSPS) is 17.6. The molecule has 1 aliphatic heterocycles. The lowest BCUT2D eigenvalue weighted by Crippen LogP contribution is -2.38. The van der Waals surface area contributed by atoms with Gasteiger partial charge in [0.25, 0.3) is 11.7 Å². The zero-order valence-electron chi connectivity index (χ0n) is 19.0. The molecule has 0 bridgehead atoms. The first-order valence-electron chi connectivity index (χ1n) is 11.0. The lowest BCUT2D eigenvalue weighted by Gasteiger charge is -2.28. The number of carbonyl (C=O) groups is 2. The van der Waals surface area contributed by atoms with Gasteiger partial charge in [-0.3, -0.25) is 9.59 Å². The van der Waals surface area contributed by atoms with Crippen LogP contribution in [-0.4, -0.2) is 59.4 Å². The summed E-state index contributed by atoms with van der Waals surface area (Å²) in [6.07, 6.45) is 1.66. The van der Waals surface area contributed by atoms with Crippen molar-refractivity contribution in [1.29, 1.82) is 0 Å². The maximum Gasteiger partial charge on any atom is 0.295 e. The Balaban J connectivity index is 2.05. The summed E-state index contributed by atoms with van der Waals surface area (Å²) < 4.78 is 6.42. The molecule has 1 atom stereocenters. The number of halogens is 1. The number of likely N-dealkylation sites (tertiary alicyclic amines) is 1. The van der Waals surface area contributed by atoms with Gasteiger partial charge in [-0.1, -0.05) is 66.7 Å². The molecule has 6 nitrogen and oxygen atoms in total. The SMILES string of the molecule is C=CCOc1ccc(C2/C(=C(/O)c3ccc(Br)cc3)C(=O)C(=O)N2CCN(CC)CC)cc1. The zero-order valence-corrected chi connectivity index (χ0v) is 20.5. The van der Waals surface area contributed by atoms with Gasteiger partial charge in [-0.15, -0.1) is 0 Å². The molecule has 1 saturated heterocycles. The summed E-state index contributed by atoms with van der Waals surface area (Å²) in [5.74, 6) is -0.792. The Morgan fingerprint density at radius 1 is 1.12 bits per heavy atom. The Hall–Kier alpha value is -2.90. The van der Waals surface area contributed by atoms with E-state index in [1.54, 1.807) is 47.4 Å². The fourth-order valence-corrected chi connectivity index (χ4v) is 4.18. The van der Waals surface area contributed by atoms with Crippen LogP contribution in [0.2, 0.25) is 0 Å². The van der Waals surface area contributed by atoms with Crippen molar-refractivity contribution in [3.05, 3.63) is 82.4 Å². The van der Waals surface area contributed by atoms with Crippen LogP contribution >= 0.6 is 15.9 Å². The average Bonchev–Trinajstić information content (AvgIpc) is 3.08. The van der Waals surface area contributed by atoms with Crippen molar-refractivity contribution in [2.75, 3.05) is 32.8 Å². The highest BCUT2D eigenvalue weighted by Crippen LogP contribution is 2.39. The number of ketones is 1. The van der Waals surface area contributed by atoms with Gasteiger partial charge in [-0.25, -0.2) is 0 Å². The Morgan fingerprint density at radius 3 is 2.33 bits per heavy atom. The number of likely N-dealkylation sites (N-methyl/N-ethyl adjacent to an activating group) is 1. The van der Waals surface area contributed by atoms with Crippen LogP contribution < -0.4 is 4.74 Å². The van der Waals surface area contributed by atoms with Gasteiger partial charge in [0.1, 0.15) is 18.1 Å². The van der Waals surface area contributed by atoms with Crippen molar-refractivity contribution in [1.82, 2.24) is 9.80 Å². The summed E-state index contributed by atoms with van der Waals surface area (Å²) in [6, 6.07) is 13.6. The summed E-state index contributed by atoms with van der Waals surface area (Å²) in [5.41, 5.74) is 1.32. The lowest BCUT2D eigenvalue weighted by atomic mass is 9.95. The van der Waals surface area contributed by atoms with Gasteiger partial charge >= 0.3 is 0 Å². The number of ether oxygens (including phenoxy) is 1. The van der Waals surface area contributed by atoms with E-state index in [4.69, 9.17) is 4.74 Å². The number of benzene rings is 2. The maximum atomic E-state index is 13.1. The van der Waals surface area contributed by atoms with E-state index in [9.17, 15) is 14.7 Å². The van der Waals surface area contributed by atoms with Crippen LogP contribution in [0.15, 0.2) is 71.2 Å². The third kappa shape index (κ3) is 5.54. The minimum Gasteiger partial charge on any atom is -0.507 e. The summed E-state index contributed by atoms with van der Waals surface area (Å²) in [6.45, 7) is 10.9.